The highest BCUT2D eigenvalue weighted by atomic mass is 33.1. The average molecular weight is 859 g/mol. The lowest BCUT2D eigenvalue weighted by Gasteiger charge is -2.38. The number of nitrogens with two attached hydrogens (primary N) is 1. The molecule has 1 rings (SSSR count). The van der Waals surface area contributed by atoms with Gasteiger partial charge in [0.05, 0.1) is 36.1 Å². The van der Waals surface area contributed by atoms with Crippen LogP contribution >= 0.6 is 21.6 Å². The minimum absolute atomic E-state index is 0.123. The Balaban J connectivity index is -0.000000878. The van der Waals surface area contributed by atoms with Crippen molar-refractivity contribution in [2.24, 2.45) is 33.7 Å². The predicted molar refractivity (Wildman–Crippen MR) is 237 cm³/mol. The molecule has 0 saturated heterocycles. The molecule has 1 aliphatic carbocycles. The largest absolute Gasteiger partial charge is 0.719 e. The lowest BCUT2D eigenvalue weighted by atomic mass is 9.72. The van der Waals surface area contributed by atoms with Gasteiger partial charge in [0.25, 0.3) is 0 Å². The van der Waals surface area contributed by atoms with Gasteiger partial charge in [0.1, 0.15) is 12.6 Å². The maximum atomic E-state index is 11.6. The van der Waals surface area contributed by atoms with E-state index in [0.29, 0.717) is 43.4 Å². The Hall–Kier alpha value is -1.05. The van der Waals surface area contributed by atoms with Crippen LogP contribution < -0.4 is 22.7 Å². The summed E-state index contributed by atoms with van der Waals surface area (Å²) in [6.45, 7) is 11.1. The summed E-state index contributed by atoms with van der Waals surface area (Å²) in [5.74, 6) is 0.531. The monoisotopic (exact) mass is 858 g/mol. The first-order valence-electron chi connectivity index (χ1n) is 20.9. The Kier molecular flexibility index (Phi) is 35.4. The van der Waals surface area contributed by atoms with Gasteiger partial charge < -0.3 is 77.2 Å². The highest BCUT2D eigenvalue weighted by Gasteiger charge is 2.39. The first-order chi connectivity index (χ1) is 27.2. The molecule has 4 atom stereocenters. The second kappa shape index (κ2) is 36.1. The molecule has 1 aliphatic rings. The standard InChI is InChI=1S/C18H34N2O3S2.C18H36N2O3S2.C2H5NO.H3N/c1-3-6-14-8-5-9-15(7-4-2)11-18(23,10-14)16(12-21)19-20-17(22)13-25-24;1-4-7-8-9-11-15(10-5-2)12-18(23,6-3)16(13-21)19-20-17(22)14-25-24;1-2(3)4;/h14-15,21,23-24H,3-13H2,1-2H3,(H,20,22);15,21,23-24H,4-14H2,1-3H3,(H,20,22);1H3,(H2,3,4);1H3/p-2/b2*19-16+;;/i/hD2. The molecule has 0 bridgehead atoms. The number of primary amides is 1. The Labute approximate surface area is 353 Å². The van der Waals surface area contributed by atoms with Crippen molar-refractivity contribution < 1.29 is 37.6 Å². The molecule has 4 unspecified atom stereocenters. The second-order valence-corrected chi connectivity index (χ2v) is 16.8. The molecule has 0 heterocycles. The Morgan fingerprint density at radius 2 is 1.42 bits per heavy atom. The molecule has 0 aromatic rings. The summed E-state index contributed by atoms with van der Waals surface area (Å²) in [6, 6.07) is 0. The van der Waals surface area contributed by atoms with Crippen LogP contribution in [0.4, 0.5) is 0 Å². The summed E-state index contributed by atoms with van der Waals surface area (Å²) in [4.78, 5) is 32.7. The van der Waals surface area contributed by atoms with Crippen molar-refractivity contribution in [1.29, 1.82) is 0 Å². The topological polar surface area (TPSA) is 242 Å². The van der Waals surface area contributed by atoms with E-state index >= 15 is 0 Å². The van der Waals surface area contributed by atoms with Gasteiger partial charge in [-0.1, -0.05) is 125 Å². The average Bonchev–Trinajstić information content (AvgIpc) is 3.18. The van der Waals surface area contributed by atoms with Gasteiger partial charge in [-0.3, -0.25) is 14.4 Å². The van der Waals surface area contributed by atoms with E-state index in [4.69, 9.17) is 14.5 Å². The van der Waals surface area contributed by atoms with E-state index < -0.39 is 11.2 Å². The maximum Gasteiger partial charge on any atom is 0.248 e. The molecular weight excluding hydrogens is 781 g/mol. The zero-order chi connectivity index (χ0) is 44.1. The lowest BCUT2D eigenvalue weighted by Crippen LogP contribution is -2.46. The molecule has 17 heteroatoms. The minimum atomic E-state index is -1.19. The third kappa shape index (κ3) is 28.1. The molecule has 3 amide bonds. The molecule has 0 radical (unpaired) electrons. The second-order valence-electron chi connectivity index (χ2n) is 14.4. The summed E-state index contributed by atoms with van der Waals surface area (Å²) in [6.07, 6.45) is 21.7. The van der Waals surface area contributed by atoms with Crippen molar-refractivity contribution in [3.8, 4) is 0 Å². The number of hydrazone groups is 2. The fourth-order valence-corrected chi connectivity index (χ4v) is 8.03. The first kappa shape index (κ1) is 53.9. The number of nitrogens with one attached hydrogen (secondary N) is 2. The molecule has 0 aliphatic heterocycles. The Bertz CT molecular complexity index is 1090. The number of aliphatic hydroxyl groups excluding tert-OH is 2. The van der Waals surface area contributed by atoms with Gasteiger partial charge in [-0.15, -0.1) is 0 Å². The Morgan fingerprint density at radius 3 is 1.82 bits per heavy atom. The van der Waals surface area contributed by atoms with E-state index in [1.807, 2.05) is 6.92 Å². The third-order valence-corrected chi connectivity index (χ3v) is 11.1. The third-order valence-electron chi connectivity index (χ3n) is 9.63. The quantitative estimate of drug-likeness (QED) is 0.0173. The molecule has 326 valence electrons. The molecular formula is C38H76N6O7S4-2. The van der Waals surface area contributed by atoms with Crippen molar-refractivity contribution in [2.75, 3.05) is 24.7 Å². The first-order valence-corrected chi connectivity index (χ1v) is 23.6. The molecule has 1 fully saturated rings. The highest BCUT2D eigenvalue weighted by molar-refractivity contribution is 8.59. The minimum Gasteiger partial charge on any atom is -0.719 e. The number of hydrogen-bond acceptors (Lipinski definition) is 14. The van der Waals surface area contributed by atoms with Crippen molar-refractivity contribution >= 4 is 74.1 Å². The van der Waals surface area contributed by atoms with Gasteiger partial charge in [-0.2, -0.15) is 10.2 Å². The van der Waals surface area contributed by atoms with Crippen LogP contribution in [0.25, 0.3) is 0 Å². The van der Waals surface area contributed by atoms with Crippen molar-refractivity contribution in [1.82, 2.24) is 17.0 Å². The van der Waals surface area contributed by atoms with Gasteiger partial charge in [-0.25, -0.2) is 10.9 Å². The molecule has 0 aromatic heterocycles. The van der Waals surface area contributed by atoms with Crippen LogP contribution in [0.3, 0.4) is 0 Å². The number of nitrogens with zero attached hydrogens (tertiary/aromatic N) is 2. The molecule has 11 N–H and O–H groups in total. The van der Waals surface area contributed by atoms with Gasteiger partial charge in [0, 0.05) is 6.92 Å². The van der Waals surface area contributed by atoms with Crippen molar-refractivity contribution in [3.63, 3.8) is 0 Å². The van der Waals surface area contributed by atoms with Crippen molar-refractivity contribution in [3.05, 3.63) is 0 Å². The van der Waals surface area contributed by atoms with E-state index in [2.05, 4.69) is 66.6 Å². The van der Waals surface area contributed by atoms with Crippen LogP contribution in [0.15, 0.2) is 10.2 Å². The van der Waals surface area contributed by atoms with Gasteiger partial charge in [-0.05, 0) is 43.4 Å². The van der Waals surface area contributed by atoms with Crippen LogP contribution in [0.2, 0.25) is 2.82 Å². The Morgan fingerprint density at radius 1 is 0.891 bits per heavy atom. The number of rotatable bonds is 24. The van der Waals surface area contributed by atoms with E-state index in [1.54, 1.807) is 5.73 Å². The van der Waals surface area contributed by atoms with Crippen LogP contribution in [-0.2, 0) is 37.7 Å². The van der Waals surface area contributed by atoms with Crippen molar-refractivity contribution in [2.45, 2.75) is 168 Å². The highest BCUT2D eigenvalue weighted by Crippen LogP contribution is 2.37. The molecule has 55 heavy (non-hydrogen) atoms. The summed E-state index contributed by atoms with van der Waals surface area (Å²) in [7, 11) is 1.99. The summed E-state index contributed by atoms with van der Waals surface area (Å²) < 4.78 is 11.3. The zero-order valence-electron chi connectivity index (χ0n) is 36.4. The van der Waals surface area contributed by atoms with E-state index in [9.17, 15) is 34.8 Å². The lowest BCUT2D eigenvalue weighted by molar-refractivity contribution is -0.119. The number of aliphatic hydroxyl groups is 4. The number of unbranched alkanes of at least 4 members (excludes halogenated alkanes) is 3. The maximum absolute atomic E-state index is 11.6. The van der Waals surface area contributed by atoms with Crippen LogP contribution in [-0.4, -0.2) is 85.5 Å². The molecule has 0 spiro atoms. The number of amides is 3. The molecule has 0 aromatic carbocycles. The fourth-order valence-electron chi connectivity index (χ4n) is 7.05. The van der Waals surface area contributed by atoms with Gasteiger partial charge in [0.15, 0.2) is 1.41 Å². The molecule has 13 nitrogen and oxygen atoms in total. The number of carbonyl (C=O) groups is 3. The summed E-state index contributed by atoms with van der Waals surface area (Å²) in [5, 5.41) is 50.0. The fraction of sp³-hybridized carbons (Fsp3) is 0.868. The predicted octanol–water partition coefficient (Wildman–Crippen LogP) is 6.39. The SMILES string of the molecule is CCCC1CCCC(CCC)CC(O)(/C(CO)=N/NC(=O)CS[S-])C1.CCCCCCC(CCC)CC(O)(CC)/C(CO)=N/NC(=O)CS[S-].[2H]N.[2H]NC(C)=O. The smallest absolute Gasteiger partial charge is 0.248 e. The zero-order valence-corrected chi connectivity index (χ0v) is 37.7. The van der Waals surface area contributed by atoms with Crippen LogP contribution in [0.1, 0.15) is 157 Å². The molecule has 1 saturated carbocycles. The number of hydrogen-bond donors (Lipinski definition) is 8. The van der Waals surface area contributed by atoms with Gasteiger partial charge in [0.2, 0.25) is 17.7 Å². The van der Waals surface area contributed by atoms with E-state index in [0.717, 1.165) is 85.8 Å². The van der Waals surface area contributed by atoms with E-state index in [-0.39, 0.29) is 53.9 Å². The number of carbonyl (C=O) groups excluding carboxylic acids is 3. The summed E-state index contributed by atoms with van der Waals surface area (Å²) in [5.41, 5.74) is 4.62. The van der Waals surface area contributed by atoms with Crippen LogP contribution in [0, 0.1) is 17.8 Å². The van der Waals surface area contributed by atoms with Crippen LogP contribution in [0.5, 0.6) is 0 Å². The van der Waals surface area contributed by atoms with Gasteiger partial charge >= 0.3 is 0 Å². The summed E-state index contributed by atoms with van der Waals surface area (Å²) >= 11 is 9.40. The normalized spacial score (nSPS) is 20.7. The van der Waals surface area contributed by atoms with E-state index in [1.165, 1.54) is 32.6 Å².